The van der Waals surface area contributed by atoms with Crippen molar-refractivity contribution in [1.29, 1.82) is 0 Å². The van der Waals surface area contributed by atoms with E-state index in [2.05, 4.69) is 5.10 Å². The van der Waals surface area contributed by atoms with E-state index in [1.54, 1.807) is 18.3 Å². The molecule has 0 aliphatic carbocycles. The Morgan fingerprint density at radius 1 is 1.38 bits per heavy atom. The fourth-order valence-electron chi connectivity index (χ4n) is 2.19. The summed E-state index contributed by atoms with van der Waals surface area (Å²) < 4.78 is 7.61. The predicted molar refractivity (Wildman–Crippen MR) is 60.2 cm³/mol. The smallest absolute Gasteiger partial charge is 0.150 e. The van der Waals surface area contributed by atoms with Crippen LogP contribution in [-0.4, -0.2) is 21.5 Å². The minimum absolute atomic E-state index is 0.0517. The first-order valence-corrected chi connectivity index (χ1v) is 5.62. The molecule has 4 heteroatoms. The van der Waals surface area contributed by atoms with Crippen LogP contribution in [0.4, 0.5) is 0 Å². The quantitative estimate of drug-likeness (QED) is 0.799. The number of nitrogens with zero attached hydrogens (tertiary/aromatic N) is 2. The second kappa shape index (κ2) is 3.79. The normalized spacial score (nSPS) is 21.4. The van der Waals surface area contributed by atoms with Crippen LogP contribution in [0, 0.1) is 0 Å². The Kier molecular flexibility index (Phi) is 2.29. The van der Waals surface area contributed by atoms with Crippen molar-refractivity contribution in [1.82, 2.24) is 9.78 Å². The zero-order valence-corrected chi connectivity index (χ0v) is 8.97. The van der Waals surface area contributed by atoms with Crippen molar-refractivity contribution in [2.75, 3.05) is 6.61 Å². The molecule has 1 atom stereocenters. The third kappa shape index (κ3) is 1.55. The standard InChI is InChI=1S/C12H14N2O2/c15-10-4-5-11-9(7-10)8-13-14(11)12-3-1-2-6-16-12/h4-5,7-8,12,15H,1-3,6H2/t12-/m0/s1. The van der Waals surface area contributed by atoms with E-state index in [1.165, 1.54) is 6.42 Å². The zero-order valence-electron chi connectivity index (χ0n) is 8.97. The van der Waals surface area contributed by atoms with Crippen LogP contribution in [0.15, 0.2) is 24.4 Å². The number of ether oxygens (including phenoxy) is 1. The summed E-state index contributed by atoms with van der Waals surface area (Å²) in [6.07, 6.45) is 5.15. The number of hydrogen-bond acceptors (Lipinski definition) is 3. The van der Waals surface area contributed by atoms with E-state index in [9.17, 15) is 5.11 Å². The second-order valence-electron chi connectivity index (χ2n) is 4.15. The molecule has 1 aliphatic rings. The Balaban J connectivity index is 2.03. The maximum Gasteiger partial charge on any atom is 0.150 e. The van der Waals surface area contributed by atoms with E-state index in [-0.39, 0.29) is 12.0 Å². The molecule has 1 aromatic carbocycles. The highest BCUT2D eigenvalue weighted by atomic mass is 16.5. The molecule has 0 bridgehead atoms. The van der Waals surface area contributed by atoms with Crippen LogP contribution in [0.5, 0.6) is 5.75 Å². The molecular weight excluding hydrogens is 204 g/mol. The molecule has 1 fully saturated rings. The number of phenols is 1. The van der Waals surface area contributed by atoms with Gasteiger partial charge in [0.1, 0.15) is 5.75 Å². The fourth-order valence-corrected chi connectivity index (χ4v) is 2.19. The van der Waals surface area contributed by atoms with Gasteiger partial charge in [-0.3, -0.25) is 0 Å². The van der Waals surface area contributed by atoms with Crippen LogP contribution in [0.2, 0.25) is 0 Å². The van der Waals surface area contributed by atoms with Gasteiger partial charge in [-0.1, -0.05) is 0 Å². The van der Waals surface area contributed by atoms with Gasteiger partial charge >= 0.3 is 0 Å². The lowest BCUT2D eigenvalue weighted by Gasteiger charge is -2.23. The van der Waals surface area contributed by atoms with Gasteiger partial charge in [-0.15, -0.1) is 0 Å². The number of rotatable bonds is 1. The molecule has 1 N–H and O–H groups in total. The van der Waals surface area contributed by atoms with Gasteiger partial charge in [0.05, 0.1) is 11.7 Å². The number of phenolic OH excluding ortho intramolecular Hbond substituents is 1. The Morgan fingerprint density at radius 2 is 2.31 bits per heavy atom. The van der Waals surface area contributed by atoms with Crippen LogP contribution >= 0.6 is 0 Å². The number of aromatic hydroxyl groups is 1. The Labute approximate surface area is 93.4 Å². The van der Waals surface area contributed by atoms with Gasteiger partial charge in [0.15, 0.2) is 6.23 Å². The van der Waals surface area contributed by atoms with Crippen LogP contribution in [0.25, 0.3) is 10.9 Å². The molecule has 0 amide bonds. The average molecular weight is 218 g/mol. The lowest BCUT2D eigenvalue weighted by Crippen LogP contribution is -2.18. The minimum atomic E-state index is 0.0517. The van der Waals surface area contributed by atoms with Crippen LogP contribution < -0.4 is 0 Å². The van der Waals surface area contributed by atoms with Crippen LogP contribution in [0.1, 0.15) is 25.5 Å². The molecular formula is C12H14N2O2. The van der Waals surface area contributed by atoms with E-state index in [4.69, 9.17) is 4.74 Å². The first-order chi connectivity index (χ1) is 7.84. The molecule has 84 valence electrons. The third-order valence-corrected chi connectivity index (χ3v) is 3.01. The first kappa shape index (κ1) is 9.66. The molecule has 16 heavy (non-hydrogen) atoms. The van der Waals surface area contributed by atoms with Gasteiger partial charge in [0.2, 0.25) is 0 Å². The maximum atomic E-state index is 9.38. The Bertz CT molecular complexity index is 501. The summed E-state index contributed by atoms with van der Waals surface area (Å²) in [5, 5.41) is 14.7. The molecule has 2 aromatic rings. The molecule has 0 radical (unpaired) electrons. The topological polar surface area (TPSA) is 47.3 Å². The third-order valence-electron chi connectivity index (χ3n) is 3.01. The Hall–Kier alpha value is -1.55. The molecule has 0 unspecified atom stereocenters. The van der Waals surface area contributed by atoms with Gasteiger partial charge in [0, 0.05) is 12.0 Å². The van der Waals surface area contributed by atoms with Crippen LogP contribution in [-0.2, 0) is 4.74 Å². The van der Waals surface area contributed by atoms with E-state index < -0.39 is 0 Å². The molecule has 2 heterocycles. The summed E-state index contributed by atoms with van der Waals surface area (Å²) in [6.45, 7) is 0.810. The fraction of sp³-hybridized carbons (Fsp3) is 0.417. The van der Waals surface area contributed by atoms with Crippen molar-refractivity contribution < 1.29 is 9.84 Å². The number of benzene rings is 1. The monoisotopic (exact) mass is 218 g/mol. The summed E-state index contributed by atoms with van der Waals surface area (Å²) in [7, 11) is 0. The van der Waals surface area contributed by atoms with Gasteiger partial charge in [0.25, 0.3) is 0 Å². The highest BCUT2D eigenvalue weighted by molar-refractivity contribution is 5.80. The molecule has 0 spiro atoms. The molecule has 0 saturated carbocycles. The molecule has 1 aromatic heterocycles. The zero-order chi connectivity index (χ0) is 11.0. The first-order valence-electron chi connectivity index (χ1n) is 5.62. The van der Waals surface area contributed by atoms with E-state index in [0.29, 0.717) is 0 Å². The second-order valence-corrected chi connectivity index (χ2v) is 4.15. The summed E-state index contributed by atoms with van der Waals surface area (Å²) in [4.78, 5) is 0. The number of hydrogen-bond donors (Lipinski definition) is 1. The highest BCUT2D eigenvalue weighted by Crippen LogP contribution is 2.27. The minimum Gasteiger partial charge on any atom is -0.508 e. The lowest BCUT2D eigenvalue weighted by molar-refractivity contribution is -0.0366. The van der Waals surface area contributed by atoms with E-state index >= 15 is 0 Å². The molecule has 3 rings (SSSR count). The largest absolute Gasteiger partial charge is 0.508 e. The SMILES string of the molecule is Oc1ccc2c(cnn2[C@@H]2CCCCO2)c1. The number of fused-ring (bicyclic) bond motifs is 1. The van der Waals surface area contributed by atoms with Crippen molar-refractivity contribution in [3.8, 4) is 5.75 Å². The van der Waals surface area contributed by atoms with Crippen molar-refractivity contribution in [3.63, 3.8) is 0 Å². The van der Waals surface area contributed by atoms with Crippen molar-refractivity contribution in [2.24, 2.45) is 0 Å². The molecule has 1 aliphatic heterocycles. The van der Waals surface area contributed by atoms with Gasteiger partial charge in [-0.25, -0.2) is 4.68 Å². The molecule has 1 saturated heterocycles. The maximum absolute atomic E-state index is 9.38. The lowest BCUT2D eigenvalue weighted by atomic mass is 10.2. The van der Waals surface area contributed by atoms with Crippen molar-refractivity contribution in [3.05, 3.63) is 24.4 Å². The molecule has 4 nitrogen and oxygen atoms in total. The van der Waals surface area contributed by atoms with E-state index in [0.717, 1.165) is 30.4 Å². The predicted octanol–water partition coefficient (Wildman–Crippen LogP) is 2.44. The number of aromatic nitrogens is 2. The summed E-state index contributed by atoms with van der Waals surface area (Å²) >= 11 is 0. The average Bonchev–Trinajstić information content (AvgIpc) is 2.73. The van der Waals surface area contributed by atoms with E-state index in [1.807, 2.05) is 10.7 Å². The summed E-state index contributed by atoms with van der Waals surface area (Å²) in [5.74, 6) is 0.275. The summed E-state index contributed by atoms with van der Waals surface area (Å²) in [6, 6.07) is 5.29. The van der Waals surface area contributed by atoms with Gasteiger partial charge in [-0.2, -0.15) is 5.10 Å². The Morgan fingerprint density at radius 3 is 3.12 bits per heavy atom. The van der Waals surface area contributed by atoms with Crippen molar-refractivity contribution >= 4 is 10.9 Å². The van der Waals surface area contributed by atoms with Crippen LogP contribution in [0.3, 0.4) is 0 Å². The highest BCUT2D eigenvalue weighted by Gasteiger charge is 2.18. The van der Waals surface area contributed by atoms with Crippen molar-refractivity contribution in [2.45, 2.75) is 25.5 Å². The van der Waals surface area contributed by atoms with Gasteiger partial charge in [-0.05, 0) is 37.5 Å². The summed E-state index contributed by atoms with van der Waals surface area (Å²) in [5.41, 5.74) is 1.02. The van der Waals surface area contributed by atoms with Gasteiger partial charge < -0.3 is 9.84 Å².